The molecule has 0 aromatic heterocycles. The van der Waals surface area contributed by atoms with E-state index in [2.05, 4.69) is 0 Å². The molecular formula is C24H12O12Tb2. The van der Waals surface area contributed by atoms with E-state index in [0.29, 0.717) is 0 Å². The van der Waals surface area contributed by atoms with Gasteiger partial charge in [-0.3, -0.25) is 0 Å². The molecule has 3 aromatic carbocycles. The molecule has 0 radical (unpaired) electrons. The predicted molar refractivity (Wildman–Crippen MR) is 105 cm³/mol. The van der Waals surface area contributed by atoms with E-state index in [1.807, 2.05) is 0 Å². The second-order valence-corrected chi connectivity index (χ2v) is 6.36. The molecule has 0 N–H and O–H groups in total. The largest absolute Gasteiger partial charge is 3.00 e. The number of aromatic carboxylic acids is 6. The Kier molecular flexibility index (Phi) is 17.9. The molecule has 0 unspecified atom stereocenters. The minimum Gasteiger partial charge on any atom is -0.545 e. The third kappa shape index (κ3) is 11.6. The minimum absolute atomic E-state index is 0. The maximum Gasteiger partial charge on any atom is 3.00 e. The predicted octanol–water partition coefficient (Wildman–Crippen LogP) is -4.76. The third-order valence-corrected chi connectivity index (χ3v) is 4.10. The third-order valence-electron chi connectivity index (χ3n) is 4.10. The fraction of sp³-hybridized carbons (Fsp3) is 0. The Morgan fingerprint density at radius 2 is 0.421 bits per heavy atom. The summed E-state index contributed by atoms with van der Waals surface area (Å²) in [7, 11) is 0. The summed E-state index contributed by atoms with van der Waals surface area (Å²) in [4.78, 5) is 61.9. The van der Waals surface area contributed by atoms with Gasteiger partial charge in [0, 0.05) is 33.4 Å². The van der Waals surface area contributed by atoms with Crippen molar-refractivity contribution >= 4 is 35.8 Å². The molecule has 12 nitrogen and oxygen atoms in total. The molecule has 0 aliphatic carbocycles. The molecule has 14 heteroatoms. The van der Waals surface area contributed by atoms with Gasteiger partial charge >= 0.3 is 77.2 Å². The van der Waals surface area contributed by atoms with E-state index in [1.54, 1.807) is 0 Å². The normalized spacial score (nSPS) is 8.84. The van der Waals surface area contributed by atoms with Gasteiger partial charge in [0.25, 0.3) is 0 Å². The average molecular weight is 810 g/mol. The summed E-state index contributed by atoms with van der Waals surface area (Å²) in [5, 5.41) is 61.9. The van der Waals surface area contributed by atoms with E-state index in [4.69, 9.17) is 0 Å². The van der Waals surface area contributed by atoms with E-state index in [0.717, 1.165) is 36.4 Å². The van der Waals surface area contributed by atoms with Crippen molar-refractivity contribution in [3.05, 3.63) is 106 Å². The SMILES string of the molecule is O=C([O-])c1ccccc1C(=O)[O-].O=C([O-])c1ccccc1C(=O)[O-].O=C([O-])c1ccccc1C(=O)[O-].[Tb+3].[Tb+3]. The van der Waals surface area contributed by atoms with Gasteiger partial charge in [0.15, 0.2) is 0 Å². The number of carboxylic acids is 6. The van der Waals surface area contributed by atoms with Gasteiger partial charge in [0.05, 0.1) is 35.8 Å². The van der Waals surface area contributed by atoms with Gasteiger partial charge in [-0.05, 0) is 0 Å². The van der Waals surface area contributed by atoms with Crippen LogP contribution in [0.5, 0.6) is 0 Å². The molecule has 0 amide bonds. The zero-order chi connectivity index (χ0) is 27.4. The van der Waals surface area contributed by atoms with E-state index >= 15 is 0 Å². The van der Waals surface area contributed by atoms with E-state index in [1.165, 1.54) is 36.4 Å². The molecule has 0 saturated heterocycles. The summed E-state index contributed by atoms with van der Waals surface area (Å²) >= 11 is 0. The van der Waals surface area contributed by atoms with Crippen molar-refractivity contribution in [2.75, 3.05) is 0 Å². The van der Waals surface area contributed by atoms with Crippen molar-refractivity contribution in [3.63, 3.8) is 0 Å². The van der Waals surface area contributed by atoms with Crippen molar-refractivity contribution < 1.29 is 137 Å². The molecule has 198 valence electrons. The van der Waals surface area contributed by atoms with Gasteiger partial charge in [-0.15, -0.1) is 0 Å². The Labute approximate surface area is 275 Å². The molecule has 0 saturated carbocycles. The maximum absolute atomic E-state index is 10.3. The van der Waals surface area contributed by atoms with Gasteiger partial charge < -0.3 is 59.4 Å². The van der Waals surface area contributed by atoms with Crippen LogP contribution in [0.3, 0.4) is 0 Å². The second-order valence-electron chi connectivity index (χ2n) is 6.36. The van der Waals surface area contributed by atoms with E-state index in [9.17, 15) is 59.4 Å². The second kappa shape index (κ2) is 18.3. The van der Waals surface area contributed by atoms with Gasteiger partial charge in [0.2, 0.25) is 0 Å². The monoisotopic (exact) mass is 810 g/mol. The topological polar surface area (TPSA) is 241 Å². The molecule has 38 heavy (non-hydrogen) atoms. The summed E-state index contributed by atoms with van der Waals surface area (Å²) in [5.41, 5.74) is -2.18. The molecule has 0 fully saturated rings. The van der Waals surface area contributed by atoms with Crippen molar-refractivity contribution in [1.82, 2.24) is 0 Å². The summed E-state index contributed by atoms with van der Waals surface area (Å²) in [6.45, 7) is 0. The molecule has 0 atom stereocenters. The zero-order valence-electron chi connectivity index (χ0n) is 18.5. The molecule has 0 heterocycles. The Morgan fingerprint density at radius 1 is 0.316 bits per heavy atom. The molecule has 3 rings (SSSR count). The van der Waals surface area contributed by atoms with Crippen LogP contribution in [0.1, 0.15) is 62.1 Å². The van der Waals surface area contributed by atoms with Crippen LogP contribution in [0.4, 0.5) is 0 Å². The standard InChI is InChI=1S/3C8H6O4.2Tb/c3*9-7(10)5-3-1-2-4-6(5)8(11)12;;/h3*1-4H,(H,9,10)(H,11,12);;/q;;;2*+3/p-6. The van der Waals surface area contributed by atoms with Crippen molar-refractivity contribution in [1.29, 1.82) is 0 Å². The van der Waals surface area contributed by atoms with Crippen molar-refractivity contribution in [3.8, 4) is 0 Å². The van der Waals surface area contributed by atoms with Gasteiger partial charge in [-0.1, -0.05) is 72.8 Å². The Bertz CT molecular complexity index is 1060. The smallest absolute Gasteiger partial charge is 0.545 e. The number of rotatable bonds is 6. The number of hydrogen-bond donors (Lipinski definition) is 0. The van der Waals surface area contributed by atoms with E-state index < -0.39 is 35.8 Å². The summed E-state index contributed by atoms with van der Waals surface area (Å²) in [6.07, 6.45) is 0. The van der Waals surface area contributed by atoms with Crippen LogP contribution in [0.25, 0.3) is 0 Å². The van der Waals surface area contributed by atoms with Crippen LogP contribution in [0.15, 0.2) is 72.8 Å². The van der Waals surface area contributed by atoms with Gasteiger partial charge in [-0.2, -0.15) is 0 Å². The quantitative estimate of drug-likeness (QED) is 0.228. The Morgan fingerprint density at radius 3 is 0.500 bits per heavy atom. The van der Waals surface area contributed by atoms with Crippen LogP contribution in [-0.4, -0.2) is 35.8 Å². The fourth-order valence-electron chi connectivity index (χ4n) is 2.52. The molecule has 0 aliphatic rings. The summed E-state index contributed by atoms with van der Waals surface area (Å²) < 4.78 is 0. The first kappa shape index (κ1) is 37.2. The Balaban J connectivity index is 0. The van der Waals surface area contributed by atoms with Crippen LogP contribution in [0.2, 0.25) is 0 Å². The fourth-order valence-corrected chi connectivity index (χ4v) is 2.52. The van der Waals surface area contributed by atoms with Gasteiger partial charge in [-0.25, -0.2) is 0 Å². The van der Waals surface area contributed by atoms with Crippen LogP contribution in [0, 0.1) is 77.2 Å². The summed E-state index contributed by atoms with van der Waals surface area (Å²) in [6, 6.07) is 15.4. The molecule has 3 aromatic rings. The van der Waals surface area contributed by atoms with Crippen LogP contribution >= 0.6 is 0 Å². The average Bonchev–Trinajstić information content (AvgIpc) is 2.84. The number of hydrogen-bond acceptors (Lipinski definition) is 12. The maximum atomic E-state index is 10.3. The summed E-state index contributed by atoms with van der Waals surface area (Å²) in [5.74, 6) is -9.11. The van der Waals surface area contributed by atoms with Crippen LogP contribution < -0.4 is 30.6 Å². The Hall–Kier alpha value is -2.95. The minimum atomic E-state index is -1.52. The number of benzene rings is 3. The number of carbonyl (C=O) groups is 6. The van der Waals surface area contributed by atoms with Crippen molar-refractivity contribution in [2.45, 2.75) is 0 Å². The molecule has 0 aliphatic heterocycles. The van der Waals surface area contributed by atoms with Gasteiger partial charge in [0.1, 0.15) is 0 Å². The van der Waals surface area contributed by atoms with Crippen LogP contribution in [-0.2, 0) is 0 Å². The molecule has 0 bridgehead atoms. The molecule has 0 spiro atoms. The number of carboxylic acid groups (broad SMARTS) is 6. The zero-order valence-corrected chi connectivity index (χ0v) is 22.8. The first-order valence-electron chi connectivity index (χ1n) is 9.43. The number of carbonyl (C=O) groups excluding carboxylic acids is 6. The molecular weight excluding hydrogens is 798 g/mol. The van der Waals surface area contributed by atoms with E-state index in [-0.39, 0.29) is 111 Å². The first-order chi connectivity index (χ1) is 16.9. The van der Waals surface area contributed by atoms with Crippen molar-refractivity contribution in [2.24, 2.45) is 0 Å². The first-order valence-corrected chi connectivity index (χ1v) is 9.43.